The van der Waals surface area contributed by atoms with E-state index < -0.39 is 22.1 Å². The summed E-state index contributed by atoms with van der Waals surface area (Å²) >= 11 is 0. The van der Waals surface area contributed by atoms with Crippen LogP contribution in [0.5, 0.6) is 5.88 Å². The molecule has 0 saturated carbocycles. The van der Waals surface area contributed by atoms with Crippen molar-refractivity contribution < 1.29 is 10.0 Å². The molecule has 33 heavy (non-hydrogen) atoms. The lowest BCUT2D eigenvalue weighted by Crippen LogP contribution is -2.25. The molecule has 0 atom stereocenters. The van der Waals surface area contributed by atoms with Gasteiger partial charge in [0.2, 0.25) is 5.88 Å². The number of rotatable bonds is 5. The number of benzene rings is 2. The van der Waals surface area contributed by atoms with Crippen LogP contribution in [0.15, 0.2) is 57.0 Å². The molecule has 2 aromatic heterocycles. The van der Waals surface area contributed by atoms with E-state index in [2.05, 4.69) is 15.0 Å². The molecule has 0 unspecified atom stereocenters. The first kappa shape index (κ1) is 21.3. The second kappa shape index (κ2) is 8.27. The summed E-state index contributed by atoms with van der Waals surface area (Å²) in [5.41, 5.74) is -0.284. The number of hydrogen-bond acceptors (Lipinski definition) is 7. The molecule has 0 radical (unpaired) electrons. The summed E-state index contributed by atoms with van der Waals surface area (Å²) in [6.07, 6.45) is 1.16. The Morgan fingerprint density at radius 2 is 1.88 bits per heavy atom. The number of nitrogens with one attached hydrogen (secondary N) is 2. The highest BCUT2D eigenvalue weighted by Crippen LogP contribution is 2.31. The van der Waals surface area contributed by atoms with Crippen molar-refractivity contribution in [1.82, 2.24) is 14.5 Å². The van der Waals surface area contributed by atoms with Crippen LogP contribution in [-0.4, -0.2) is 30.8 Å². The number of aliphatic imine (C=N–C) groups is 1. The van der Waals surface area contributed by atoms with Gasteiger partial charge in [0.25, 0.3) is 11.2 Å². The molecule has 11 heteroatoms. The van der Waals surface area contributed by atoms with Crippen LogP contribution < -0.4 is 11.2 Å². The van der Waals surface area contributed by atoms with Gasteiger partial charge in [-0.2, -0.15) is 5.26 Å². The Labute approximate surface area is 185 Å². The molecule has 4 rings (SSSR count). The number of pyridine rings is 1. The summed E-state index contributed by atoms with van der Waals surface area (Å²) in [7, 11) is 0. The first-order chi connectivity index (χ1) is 15.8. The quantitative estimate of drug-likeness (QED) is 0.243. The third kappa shape index (κ3) is 3.88. The Hall–Kier alpha value is -4.98. The molecule has 0 aliphatic carbocycles. The normalized spacial score (nSPS) is 11.2. The van der Waals surface area contributed by atoms with Crippen LogP contribution in [0.25, 0.3) is 11.0 Å². The topological polar surface area (TPSA) is 170 Å². The molecule has 0 aliphatic rings. The minimum absolute atomic E-state index is 0.0119. The Balaban J connectivity index is 1.88. The van der Waals surface area contributed by atoms with E-state index in [1.54, 1.807) is 24.3 Å². The third-order valence-corrected chi connectivity index (χ3v) is 5.17. The number of aromatic amines is 2. The summed E-state index contributed by atoms with van der Waals surface area (Å²) in [4.78, 5) is 44.2. The predicted octanol–water partition coefficient (Wildman–Crippen LogP) is 2.61. The van der Waals surface area contributed by atoms with E-state index in [4.69, 9.17) is 0 Å². The zero-order chi connectivity index (χ0) is 23.7. The van der Waals surface area contributed by atoms with Crippen molar-refractivity contribution in [1.29, 1.82) is 5.26 Å². The zero-order valence-corrected chi connectivity index (χ0v) is 17.2. The average molecular weight is 444 g/mol. The van der Waals surface area contributed by atoms with Crippen LogP contribution >= 0.6 is 0 Å². The van der Waals surface area contributed by atoms with E-state index in [1.807, 2.05) is 12.1 Å². The number of imidazole rings is 1. The first-order valence-corrected chi connectivity index (χ1v) is 9.65. The van der Waals surface area contributed by atoms with Crippen LogP contribution in [0.3, 0.4) is 0 Å². The number of H-pyrrole nitrogens is 2. The Morgan fingerprint density at radius 3 is 2.52 bits per heavy atom. The van der Waals surface area contributed by atoms with Crippen LogP contribution in [0.4, 0.5) is 11.4 Å². The molecule has 4 aromatic rings. The van der Waals surface area contributed by atoms with Gasteiger partial charge in [-0.05, 0) is 24.1 Å². The zero-order valence-electron chi connectivity index (χ0n) is 17.2. The Morgan fingerprint density at radius 1 is 1.21 bits per heavy atom. The van der Waals surface area contributed by atoms with Crippen molar-refractivity contribution in [3.63, 3.8) is 0 Å². The van der Waals surface area contributed by atoms with Gasteiger partial charge in [-0.15, -0.1) is 0 Å². The van der Waals surface area contributed by atoms with Gasteiger partial charge in [0.1, 0.15) is 17.3 Å². The molecule has 0 spiro atoms. The van der Waals surface area contributed by atoms with Gasteiger partial charge in [0.15, 0.2) is 0 Å². The molecule has 0 saturated heterocycles. The van der Waals surface area contributed by atoms with Crippen LogP contribution in [-0.2, 0) is 6.54 Å². The monoisotopic (exact) mass is 444 g/mol. The number of hydrogen-bond donors (Lipinski definition) is 3. The lowest BCUT2D eigenvalue weighted by Gasteiger charge is -2.14. The summed E-state index contributed by atoms with van der Waals surface area (Å²) in [5.74, 6) is -0.428. The summed E-state index contributed by atoms with van der Waals surface area (Å²) in [6.45, 7) is 1.49. The first-order valence-electron chi connectivity index (χ1n) is 9.65. The number of aromatic hydroxyl groups is 1. The molecular formula is C22H16N6O5. The molecule has 164 valence electrons. The number of nitriles is 1. The number of fused-ring (bicyclic) bond motifs is 1. The van der Waals surface area contributed by atoms with E-state index in [0.29, 0.717) is 5.52 Å². The van der Waals surface area contributed by atoms with Crippen molar-refractivity contribution in [2.45, 2.75) is 13.5 Å². The highest BCUT2D eigenvalue weighted by molar-refractivity contribution is 5.90. The van der Waals surface area contributed by atoms with Gasteiger partial charge in [-0.1, -0.05) is 30.3 Å². The van der Waals surface area contributed by atoms with Crippen LogP contribution in [0, 0.1) is 28.4 Å². The van der Waals surface area contributed by atoms with Crippen LogP contribution in [0.1, 0.15) is 22.3 Å². The molecule has 2 aromatic carbocycles. The fraction of sp³-hybridized carbons (Fsp3) is 0.0909. The lowest BCUT2D eigenvalue weighted by atomic mass is 10.1. The summed E-state index contributed by atoms with van der Waals surface area (Å²) in [5, 5.41) is 31.9. The van der Waals surface area contributed by atoms with Gasteiger partial charge in [-0.25, -0.2) is 9.79 Å². The van der Waals surface area contributed by atoms with Gasteiger partial charge in [-0.3, -0.25) is 19.5 Å². The van der Waals surface area contributed by atoms with Crippen molar-refractivity contribution in [2.24, 2.45) is 4.99 Å². The minimum Gasteiger partial charge on any atom is -0.494 e. The van der Waals surface area contributed by atoms with Gasteiger partial charge in [0.05, 0.1) is 28.1 Å². The summed E-state index contributed by atoms with van der Waals surface area (Å²) < 4.78 is 1.05. The minimum atomic E-state index is -0.661. The van der Waals surface area contributed by atoms with Crippen LogP contribution in [0.2, 0.25) is 0 Å². The molecule has 0 bridgehead atoms. The van der Waals surface area contributed by atoms with Gasteiger partial charge < -0.3 is 15.1 Å². The van der Waals surface area contributed by atoms with E-state index >= 15 is 0 Å². The molecule has 0 aliphatic heterocycles. The standard InChI is InChI=1S/C22H16N6O5/c1-12-14(9-23)20(29)27(11-13-5-3-2-4-6-13)21(30)15(12)10-24-18-7-16-17(26-22(31)25-16)8-19(18)28(32)33/h2-8,10,30H,11H2,1H3,(H2,25,26,31). The molecule has 11 nitrogen and oxygen atoms in total. The van der Waals surface area contributed by atoms with Crippen molar-refractivity contribution in [3.8, 4) is 11.9 Å². The number of aromatic nitrogens is 3. The maximum Gasteiger partial charge on any atom is 0.323 e. The second-order valence-corrected chi connectivity index (χ2v) is 7.21. The fourth-order valence-corrected chi connectivity index (χ4v) is 3.48. The molecule has 0 amide bonds. The SMILES string of the molecule is Cc1c(C=Nc2cc3[nH]c(=O)[nH]c3cc2[N+](=O)[O-])c(O)n(Cc2ccccc2)c(=O)c1C#N. The van der Waals surface area contributed by atoms with Gasteiger partial charge in [0, 0.05) is 12.3 Å². The summed E-state index contributed by atoms with van der Waals surface area (Å²) in [6, 6.07) is 13.2. The number of nitro benzene ring substituents is 1. The molecule has 3 N–H and O–H groups in total. The maximum atomic E-state index is 12.8. The molecule has 0 fully saturated rings. The average Bonchev–Trinajstić information content (AvgIpc) is 3.16. The maximum absolute atomic E-state index is 12.8. The number of nitro groups is 1. The second-order valence-electron chi connectivity index (χ2n) is 7.21. The van der Waals surface area contributed by atoms with Crippen molar-refractivity contribution in [3.05, 3.63) is 95.7 Å². The van der Waals surface area contributed by atoms with E-state index in [1.165, 1.54) is 19.1 Å². The van der Waals surface area contributed by atoms with Crippen molar-refractivity contribution >= 4 is 28.6 Å². The number of nitrogens with zero attached hydrogens (tertiary/aromatic N) is 4. The largest absolute Gasteiger partial charge is 0.494 e. The Kier molecular flexibility index (Phi) is 5.33. The lowest BCUT2D eigenvalue weighted by molar-refractivity contribution is -0.383. The fourth-order valence-electron chi connectivity index (χ4n) is 3.48. The van der Waals surface area contributed by atoms with Crippen molar-refractivity contribution in [2.75, 3.05) is 0 Å². The Bertz CT molecular complexity index is 1590. The van der Waals surface area contributed by atoms with E-state index in [-0.39, 0.29) is 40.1 Å². The predicted molar refractivity (Wildman–Crippen MR) is 120 cm³/mol. The van der Waals surface area contributed by atoms with E-state index in [0.717, 1.165) is 16.3 Å². The van der Waals surface area contributed by atoms with E-state index in [9.17, 15) is 30.1 Å². The smallest absolute Gasteiger partial charge is 0.323 e. The highest BCUT2D eigenvalue weighted by atomic mass is 16.6. The molecule has 2 heterocycles. The highest BCUT2D eigenvalue weighted by Gasteiger charge is 2.20. The third-order valence-electron chi connectivity index (χ3n) is 5.17. The molecular weight excluding hydrogens is 428 g/mol. The van der Waals surface area contributed by atoms with Gasteiger partial charge >= 0.3 is 5.69 Å².